The first-order valence-electron chi connectivity index (χ1n) is 10.5. The first-order valence-corrected chi connectivity index (χ1v) is 10.5. The molecule has 1 aliphatic carbocycles. The summed E-state index contributed by atoms with van der Waals surface area (Å²) in [6.07, 6.45) is 2.58. The number of carbonyl (C=O) groups excluding carboxylic acids is 1. The Kier molecular flexibility index (Phi) is 5.12. The van der Waals surface area contributed by atoms with Crippen molar-refractivity contribution in [3.63, 3.8) is 0 Å². The second-order valence-corrected chi connectivity index (χ2v) is 8.99. The molecule has 1 aliphatic heterocycles. The van der Waals surface area contributed by atoms with Crippen LogP contribution in [0.3, 0.4) is 0 Å². The number of allylic oxidation sites excluding steroid dienone is 1. The van der Waals surface area contributed by atoms with Crippen molar-refractivity contribution in [2.75, 3.05) is 10.6 Å². The molecule has 0 saturated carbocycles. The number of ether oxygens (including phenoxy) is 1. The summed E-state index contributed by atoms with van der Waals surface area (Å²) in [6.45, 7) is 8.51. The Hall–Kier alpha value is -2.75. The fraction of sp³-hybridized carbons (Fsp3) is 0.400. The minimum absolute atomic E-state index is 0.0409. The largest absolute Gasteiger partial charge is 0.491 e. The molecule has 2 aromatic rings. The molecule has 29 heavy (non-hydrogen) atoms. The van der Waals surface area contributed by atoms with Gasteiger partial charge in [-0.2, -0.15) is 0 Å². The van der Waals surface area contributed by atoms with E-state index in [1.54, 1.807) is 0 Å². The van der Waals surface area contributed by atoms with E-state index in [9.17, 15) is 4.79 Å². The molecule has 2 atom stereocenters. The van der Waals surface area contributed by atoms with Crippen molar-refractivity contribution in [2.45, 2.75) is 59.1 Å². The summed E-state index contributed by atoms with van der Waals surface area (Å²) in [4.78, 5) is 13.2. The number of ketones is 1. The third-order valence-corrected chi connectivity index (χ3v) is 5.85. The number of anilines is 2. The monoisotopic (exact) mass is 390 g/mol. The van der Waals surface area contributed by atoms with Gasteiger partial charge >= 0.3 is 0 Å². The van der Waals surface area contributed by atoms with Crippen LogP contribution in [0.5, 0.6) is 5.75 Å². The molecule has 2 N–H and O–H groups in total. The van der Waals surface area contributed by atoms with Crippen LogP contribution in [0.15, 0.2) is 59.8 Å². The predicted molar refractivity (Wildman–Crippen MR) is 118 cm³/mol. The van der Waals surface area contributed by atoms with Crippen molar-refractivity contribution in [1.29, 1.82) is 0 Å². The van der Waals surface area contributed by atoms with E-state index in [4.69, 9.17) is 4.74 Å². The van der Waals surface area contributed by atoms with Gasteiger partial charge in [-0.25, -0.2) is 0 Å². The maximum absolute atomic E-state index is 13.2. The van der Waals surface area contributed by atoms with E-state index in [0.717, 1.165) is 46.8 Å². The first kappa shape index (κ1) is 19.6. The first-order chi connectivity index (χ1) is 13.9. The van der Waals surface area contributed by atoms with Crippen LogP contribution in [-0.2, 0) is 4.79 Å². The fourth-order valence-electron chi connectivity index (χ4n) is 4.19. The van der Waals surface area contributed by atoms with Gasteiger partial charge < -0.3 is 15.4 Å². The summed E-state index contributed by atoms with van der Waals surface area (Å²) in [6, 6.07) is 16.1. The maximum atomic E-state index is 13.2. The maximum Gasteiger partial charge on any atom is 0.163 e. The summed E-state index contributed by atoms with van der Waals surface area (Å²) < 4.78 is 5.93. The minimum Gasteiger partial charge on any atom is -0.491 e. The van der Waals surface area contributed by atoms with Crippen LogP contribution < -0.4 is 15.4 Å². The highest BCUT2D eigenvalue weighted by atomic mass is 16.5. The van der Waals surface area contributed by atoms with Crippen LogP contribution in [0, 0.1) is 5.41 Å². The topological polar surface area (TPSA) is 50.4 Å². The molecule has 2 aliphatic rings. The van der Waals surface area contributed by atoms with E-state index >= 15 is 0 Å². The number of nitrogens with one attached hydrogen (secondary N) is 2. The summed E-state index contributed by atoms with van der Waals surface area (Å²) in [7, 11) is 0. The lowest BCUT2D eigenvalue weighted by Gasteiger charge is -2.34. The number of carbonyl (C=O) groups is 1. The van der Waals surface area contributed by atoms with E-state index in [0.29, 0.717) is 6.42 Å². The van der Waals surface area contributed by atoms with Crippen molar-refractivity contribution in [1.82, 2.24) is 0 Å². The molecule has 4 heteroatoms. The average Bonchev–Trinajstić information content (AvgIpc) is 2.84. The van der Waals surface area contributed by atoms with Gasteiger partial charge in [0.05, 0.1) is 23.5 Å². The van der Waals surface area contributed by atoms with Crippen LogP contribution in [0.1, 0.15) is 58.6 Å². The Balaban J connectivity index is 1.75. The molecule has 0 unspecified atom stereocenters. The molecular formula is C25H30N2O2. The van der Waals surface area contributed by atoms with E-state index in [2.05, 4.69) is 62.6 Å². The van der Waals surface area contributed by atoms with Crippen LogP contribution in [-0.4, -0.2) is 11.9 Å². The summed E-state index contributed by atoms with van der Waals surface area (Å²) in [5.74, 6) is 1.08. The van der Waals surface area contributed by atoms with Crippen LogP contribution in [0.25, 0.3) is 0 Å². The normalized spacial score (nSPS) is 21.2. The smallest absolute Gasteiger partial charge is 0.163 e. The lowest BCUT2D eigenvalue weighted by molar-refractivity contribution is -0.118. The zero-order chi connectivity index (χ0) is 20.6. The highest BCUT2D eigenvalue weighted by Crippen LogP contribution is 2.45. The van der Waals surface area contributed by atoms with Crippen LogP contribution in [0.4, 0.5) is 11.4 Å². The SMILES string of the molecule is CC[C@@H](C)Oc1ccc([C@@H]2Nc3ccccc3NC3=C2C(=O)CC(C)(C)C3)cc1. The molecule has 0 fully saturated rings. The highest BCUT2D eigenvalue weighted by Gasteiger charge is 2.38. The average molecular weight is 391 g/mol. The molecule has 0 saturated heterocycles. The zero-order valence-corrected chi connectivity index (χ0v) is 17.7. The second-order valence-electron chi connectivity index (χ2n) is 8.99. The van der Waals surface area contributed by atoms with E-state index in [1.165, 1.54) is 0 Å². The molecule has 0 bridgehead atoms. The van der Waals surface area contributed by atoms with Gasteiger partial charge in [0.15, 0.2) is 5.78 Å². The molecule has 0 amide bonds. The molecular weight excluding hydrogens is 360 g/mol. The fourth-order valence-corrected chi connectivity index (χ4v) is 4.19. The zero-order valence-electron chi connectivity index (χ0n) is 17.7. The Morgan fingerprint density at radius 1 is 1.07 bits per heavy atom. The number of hydrogen-bond donors (Lipinski definition) is 2. The standard InChI is InChI=1S/C25H30N2O2/c1-5-16(2)29-18-12-10-17(11-13-18)24-23-21(14-25(3,4)15-22(23)28)26-19-8-6-7-9-20(19)27-24/h6-13,16,24,26-27H,5,14-15H2,1-4H3/t16-,24+/m1/s1. The van der Waals surface area contributed by atoms with Crippen molar-refractivity contribution < 1.29 is 9.53 Å². The summed E-state index contributed by atoms with van der Waals surface area (Å²) in [5, 5.41) is 7.19. The number of para-hydroxylation sites is 2. The summed E-state index contributed by atoms with van der Waals surface area (Å²) >= 11 is 0. The Labute approximate surface area is 173 Å². The van der Waals surface area contributed by atoms with E-state index < -0.39 is 0 Å². The minimum atomic E-state index is -0.178. The molecule has 4 nitrogen and oxygen atoms in total. The number of rotatable bonds is 4. The molecule has 0 radical (unpaired) electrons. The Morgan fingerprint density at radius 3 is 2.45 bits per heavy atom. The lowest BCUT2D eigenvalue weighted by Crippen LogP contribution is -2.31. The van der Waals surface area contributed by atoms with Crippen LogP contribution >= 0.6 is 0 Å². The van der Waals surface area contributed by atoms with Crippen molar-refractivity contribution in [2.24, 2.45) is 5.41 Å². The number of hydrogen-bond acceptors (Lipinski definition) is 4. The van der Waals surface area contributed by atoms with E-state index in [-0.39, 0.29) is 23.3 Å². The van der Waals surface area contributed by atoms with Crippen molar-refractivity contribution >= 4 is 17.2 Å². The third kappa shape index (κ3) is 4.02. The van der Waals surface area contributed by atoms with Gasteiger partial charge in [-0.15, -0.1) is 0 Å². The van der Waals surface area contributed by atoms with Gasteiger partial charge in [-0.05, 0) is 55.0 Å². The highest BCUT2D eigenvalue weighted by molar-refractivity contribution is 6.01. The van der Waals surface area contributed by atoms with Crippen molar-refractivity contribution in [3.05, 3.63) is 65.4 Å². The molecule has 2 aromatic carbocycles. The van der Waals surface area contributed by atoms with Gasteiger partial charge in [-0.3, -0.25) is 4.79 Å². The lowest BCUT2D eigenvalue weighted by atomic mass is 9.73. The molecule has 0 aromatic heterocycles. The predicted octanol–water partition coefficient (Wildman–Crippen LogP) is 6.09. The Bertz CT molecular complexity index is 944. The van der Waals surface area contributed by atoms with Gasteiger partial charge in [0.2, 0.25) is 0 Å². The molecule has 1 heterocycles. The van der Waals surface area contributed by atoms with Crippen LogP contribution in [0.2, 0.25) is 0 Å². The van der Waals surface area contributed by atoms with Gasteiger partial charge in [0.25, 0.3) is 0 Å². The van der Waals surface area contributed by atoms with Gasteiger partial charge in [0.1, 0.15) is 5.75 Å². The molecule has 152 valence electrons. The quantitative estimate of drug-likeness (QED) is 0.664. The third-order valence-electron chi connectivity index (χ3n) is 5.85. The van der Waals surface area contributed by atoms with Gasteiger partial charge in [0, 0.05) is 17.7 Å². The molecule has 4 rings (SSSR count). The molecule has 0 spiro atoms. The number of Topliss-reactive ketones (excluding diaryl/α,β-unsaturated/α-hetero) is 1. The summed E-state index contributed by atoms with van der Waals surface area (Å²) in [5.41, 5.74) is 4.95. The van der Waals surface area contributed by atoms with E-state index in [1.807, 2.05) is 24.3 Å². The number of fused-ring (bicyclic) bond motifs is 1. The number of benzene rings is 2. The van der Waals surface area contributed by atoms with Crippen molar-refractivity contribution in [3.8, 4) is 5.75 Å². The second kappa shape index (κ2) is 7.58. The van der Waals surface area contributed by atoms with Gasteiger partial charge in [-0.1, -0.05) is 45.0 Å². The Morgan fingerprint density at radius 2 is 1.76 bits per heavy atom.